The van der Waals surface area contributed by atoms with Gasteiger partial charge in [-0.15, -0.1) is 0 Å². The topological polar surface area (TPSA) is 299 Å². The van der Waals surface area contributed by atoms with Crippen LogP contribution in [0.25, 0.3) is 10.8 Å². The number of nitrogens with zero attached hydrogens (tertiary/aromatic N) is 4. The third-order valence-electron chi connectivity index (χ3n) is 20.7. The van der Waals surface area contributed by atoms with E-state index in [4.69, 9.17) is 28.7 Å². The van der Waals surface area contributed by atoms with Gasteiger partial charge < -0.3 is 69.0 Å². The van der Waals surface area contributed by atoms with Crippen molar-refractivity contribution in [3.63, 3.8) is 0 Å². The zero-order chi connectivity index (χ0) is 73.2. The predicted octanol–water partition coefficient (Wildman–Crippen LogP) is 9.94. The Bertz CT molecular complexity index is 3960. The highest BCUT2D eigenvalue weighted by atomic mass is 16.7. The molecule has 100 heavy (non-hydrogen) atoms. The molecule has 10 atom stereocenters. The van der Waals surface area contributed by atoms with Crippen LogP contribution in [0.15, 0.2) is 82.5 Å². The van der Waals surface area contributed by atoms with Crippen molar-refractivity contribution in [2.45, 2.75) is 184 Å². The average Bonchev–Trinajstić information content (AvgIpc) is 1.52. The second kappa shape index (κ2) is 33.1. The Hall–Kier alpha value is -8.76. The molecule has 1 saturated heterocycles. The summed E-state index contributed by atoms with van der Waals surface area (Å²) in [5.74, 6) is -8.09. The number of amides is 3. The number of phenols is 2. The van der Waals surface area contributed by atoms with Gasteiger partial charge >= 0.3 is 17.7 Å². The lowest BCUT2D eigenvalue weighted by Gasteiger charge is -2.38. The Morgan fingerprint density at radius 1 is 0.870 bits per heavy atom. The zero-order valence-corrected chi connectivity index (χ0v) is 60.7. The average molecular weight is 1380 g/mol. The number of rotatable bonds is 22. The standard InChI is InChI=1S/C78H102N6O16/c1-16-60(88)98-58-37-47(7)71(96-35-21-20-27-55(41-85)42-86)51(11)56(58)28-29-59(87)79-57(38-54-25-18-17-19-26-54)76(95)83(15)40-61(89)99-72-45(5)23-22-24-46(6)75(94)80-67-66-65(81-78(82-66)31-33-84(34-32-78)39-43(2)3)62-63(70(67)92)69(91)53(13)73-64(62)74(93)77(14,100-73)97-36-30-44(4)48(8)49(9)50(10)68(90)52(72)12/h17-19,22-26,30,36-37,41-45,48-50,52,55,57,68,72,81,90-92H,16,20-21,27-29,31-35,38-40H2,1-15H3,(H,79,87)/b23-22+,36-30+,46-24-,80-67?/t44-,45-,48+,49+,50-,52-,57-,68-,72-,77-/m0/s1. The van der Waals surface area contributed by atoms with E-state index < -0.39 is 101 Å². The predicted molar refractivity (Wildman–Crippen MR) is 378 cm³/mol. The molecule has 0 aromatic heterocycles. The molecule has 0 radical (unpaired) electrons. The summed E-state index contributed by atoms with van der Waals surface area (Å²) in [6, 6.07) is 9.62. The maximum absolute atomic E-state index is 15.0. The summed E-state index contributed by atoms with van der Waals surface area (Å²) in [7, 11) is 1.44. The number of ether oxygens (including phenoxy) is 5. The third-order valence-corrected chi connectivity index (χ3v) is 20.7. The number of likely N-dealkylation sites (tertiary alicyclic amines) is 1. The molecule has 1 spiro atoms. The Labute approximate surface area is 586 Å². The van der Waals surface area contributed by atoms with Crippen LogP contribution in [-0.2, 0) is 55.9 Å². The maximum atomic E-state index is 15.0. The van der Waals surface area contributed by atoms with Gasteiger partial charge in [0, 0.05) is 99.6 Å². The molecule has 0 saturated carbocycles. The summed E-state index contributed by atoms with van der Waals surface area (Å²) in [4.78, 5) is 121. The highest BCUT2D eigenvalue weighted by Gasteiger charge is 2.51. The number of phenolic OH excluding ortho intramolecular Hbond substituents is 2. The van der Waals surface area contributed by atoms with Crippen LogP contribution in [0.1, 0.15) is 159 Å². The van der Waals surface area contributed by atoms with Crippen LogP contribution in [0.4, 0.5) is 5.69 Å². The molecule has 5 heterocycles. The van der Waals surface area contributed by atoms with E-state index in [0.29, 0.717) is 91.8 Å². The molecule has 22 nitrogen and oxygen atoms in total. The first-order chi connectivity index (χ1) is 47.4. The molecule has 9 rings (SSSR count). The number of aryl methyl sites for hydroxylation is 1. The van der Waals surface area contributed by atoms with E-state index in [-0.39, 0.29) is 105 Å². The van der Waals surface area contributed by atoms with Crippen molar-refractivity contribution in [3.8, 4) is 28.7 Å². The van der Waals surface area contributed by atoms with Gasteiger partial charge in [-0.05, 0) is 112 Å². The first kappa shape index (κ1) is 77.0. The highest BCUT2D eigenvalue weighted by Crippen LogP contribution is 2.52. The van der Waals surface area contributed by atoms with E-state index in [0.717, 1.165) is 12.1 Å². The minimum atomic E-state index is -1.92. The minimum absolute atomic E-state index is 0.0628. The minimum Gasteiger partial charge on any atom is -0.507 e. The van der Waals surface area contributed by atoms with Crippen molar-refractivity contribution in [3.05, 3.63) is 117 Å². The van der Waals surface area contributed by atoms with E-state index in [1.807, 2.05) is 84.9 Å². The molecule has 0 unspecified atom stereocenters. The van der Waals surface area contributed by atoms with Crippen LogP contribution in [0, 0.1) is 68.1 Å². The Morgan fingerprint density at radius 3 is 2.22 bits per heavy atom. The highest BCUT2D eigenvalue weighted by molar-refractivity contribution is 6.21. The lowest BCUT2D eigenvalue weighted by atomic mass is 9.72. The molecule has 5 aliphatic heterocycles. The molecule has 3 amide bonds. The van der Waals surface area contributed by atoms with Crippen LogP contribution in [0.5, 0.6) is 28.7 Å². The first-order valence-electron chi connectivity index (χ1n) is 35.2. The van der Waals surface area contributed by atoms with Crippen molar-refractivity contribution in [1.29, 1.82) is 0 Å². The number of aromatic hydroxyl groups is 2. The number of carbonyl (C=O) groups is 8. The van der Waals surface area contributed by atoms with E-state index in [1.54, 1.807) is 45.9 Å². The summed E-state index contributed by atoms with van der Waals surface area (Å²) in [5.41, 5.74) is 2.41. The van der Waals surface area contributed by atoms with E-state index in [2.05, 4.69) is 34.4 Å². The van der Waals surface area contributed by atoms with Gasteiger partial charge in [0.2, 0.25) is 11.8 Å². The van der Waals surface area contributed by atoms with Gasteiger partial charge in [-0.1, -0.05) is 111 Å². The SMILES string of the molecule is CCC(=O)Oc1cc(C)c(OCCCCC(C=O)C=O)c(C)c1CCC(=O)N[C@@H](Cc1ccccc1)C(=O)N(C)CC(=O)O[C@@H]1[C@@H](C)[C@@H](O)[C@@H](C)[C@H](C)[C@H](C)[C@@H](C)/C=C/O[C@@]2(C)Oc3c(C)c(O)c4c(O)c(c5c(c4c3C2=O)NC2(CCN(CC(C)C)CC2)N=5)=NC(=O)/C(C)=C\C=C\[C@@H]1C. The fraction of sp³-hybridized carbons (Fsp3) is 0.538. The number of fused-ring (bicyclic) bond motifs is 13. The number of nitrogens with one attached hydrogen (secondary N) is 2. The number of piperidine rings is 1. The number of ketones is 1. The van der Waals surface area contributed by atoms with E-state index in [1.165, 1.54) is 31.2 Å². The molecular weight excluding hydrogens is 1280 g/mol. The molecule has 5 aliphatic rings. The molecule has 5 N–H and O–H groups in total. The summed E-state index contributed by atoms with van der Waals surface area (Å²) in [6.07, 6.45) is 10.1. The first-order valence-corrected chi connectivity index (χ1v) is 35.2. The van der Waals surface area contributed by atoms with Crippen molar-refractivity contribution in [2.75, 3.05) is 45.2 Å². The number of carbonyl (C=O) groups excluding carboxylic acids is 8. The normalized spacial score (nSPS) is 24.6. The summed E-state index contributed by atoms with van der Waals surface area (Å²) in [5, 5.41) is 43.4. The number of anilines is 1. The number of likely N-dealkylation sites (N-methyl/N-ethyl adjacent to an activating group) is 1. The largest absolute Gasteiger partial charge is 0.507 e. The van der Waals surface area contributed by atoms with Gasteiger partial charge in [-0.3, -0.25) is 33.8 Å². The van der Waals surface area contributed by atoms with Crippen LogP contribution in [0.2, 0.25) is 0 Å². The number of aliphatic hydroxyl groups is 1. The van der Waals surface area contributed by atoms with Crippen molar-refractivity contribution < 1.29 is 77.4 Å². The lowest BCUT2D eigenvalue weighted by molar-refractivity contribution is -0.161. The van der Waals surface area contributed by atoms with Crippen molar-refractivity contribution in [2.24, 2.45) is 57.3 Å². The Balaban J connectivity index is 1.08. The van der Waals surface area contributed by atoms with Gasteiger partial charge in [-0.2, -0.15) is 0 Å². The molecule has 5 bridgehead atoms. The van der Waals surface area contributed by atoms with E-state index >= 15 is 0 Å². The monoisotopic (exact) mass is 1380 g/mol. The smallest absolute Gasteiger partial charge is 0.325 e. The van der Waals surface area contributed by atoms with Crippen LogP contribution in [0.3, 0.4) is 0 Å². The lowest BCUT2D eigenvalue weighted by Crippen LogP contribution is -2.50. The molecule has 0 aliphatic carbocycles. The number of hydrogen-bond donors (Lipinski definition) is 5. The Morgan fingerprint density at radius 2 is 1.56 bits per heavy atom. The third kappa shape index (κ3) is 17.3. The number of aldehydes is 2. The van der Waals surface area contributed by atoms with Crippen molar-refractivity contribution >= 4 is 64.5 Å². The Kier molecular flexibility index (Phi) is 25.5. The fourth-order valence-electron chi connectivity index (χ4n) is 14.1. The number of benzene rings is 4. The second-order valence-electron chi connectivity index (χ2n) is 28.6. The number of unbranched alkanes of at least 4 members (excludes halogenated alkanes) is 1. The summed E-state index contributed by atoms with van der Waals surface area (Å²) in [6.45, 7) is 27.8. The van der Waals surface area contributed by atoms with Gasteiger partial charge in [0.05, 0.1) is 41.5 Å². The van der Waals surface area contributed by atoms with Crippen LogP contribution in [-0.4, -0.2) is 143 Å². The van der Waals surface area contributed by atoms with Gasteiger partial charge in [0.1, 0.15) is 70.6 Å². The molecular formula is C78H102N6O16. The zero-order valence-electron chi connectivity index (χ0n) is 60.7. The summed E-state index contributed by atoms with van der Waals surface area (Å²) >= 11 is 0. The van der Waals surface area contributed by atoms with Gasteiger partial charge in [-0.25, -0.2) is 4.99 Å². The quantitative estimate of drug-likeness (QED) is 0.0122. The van der Waals surface area contributed by atoms with E-state index in [9.17, 15) is 53.7 Å². The maximum Gasteiger partial charge on any atom is 0.325 e. The number of allylic oxidation sites excluding steroid dienone is 3. The summed E-state index contributed by atoms with van der Waals surface area (Å²) < 4.78 is 31.1. The number of aliphatic hydroxyl groups excluding tert-OH is 1. The number of esters is 2. The molecule has 4 aromatic rings. The van der Waals surface area contributed by atoms with Crippen molar-refractivity contribution in [1.82, 2.24) is 15.1 Å². The molecule has 4 aromatic carbocycles. The molecule has 540 valence electrons. The fourth-order valence-corrected chi connectivity index (χ4v) is 14.1. The molecule has 22 heteroatoms. The van der Waals surface area contributed by atoms with Crippen LogP contribution >= 0.6 is 0 Å². The van der Waals surface area contributed by atoms with Gasteiger partial charge in [0.25, 0.3) is 11.7 Å². The van der Waals surface area contributed by atoms with Crippen LogP contribution < -0.4 is 35.6 Å². The molecule has 1 fully saturated rings. The number of hydrogen-bond acceptors (Lipinski definition) is 19. The second-order valence-corrected chi connectivity index (χ2v) is 28.6. The van der Waals surface area contributed by atoms with Gasteiger partial charge in [0.15, 0.2) is 5.75 Å². The number of Topliss-reactive ketones (excluding diaryl/α,β-unsaturated/α-hetero) is 1.